The second-order valence-electron chi connectivity index (χ2n) is 5.05. The van der Waals surface area contributed by atoms with E-state index in [1.54, 1.807) is 0 Å². The monoisotopic (exact) mass is 206 g/mol. The molecule has 15 heavy (non-hydrogen) atoms. The van der Waals surface area contributed by atoms with E-state index in [1.165, 1.54) is 12.8 Å². The van der Waals surface area contributed by atoms with Gasteiger partial charge in [-0.25, -0.2) is 0 Å². The summed E-state index contributed by atoms with van der Waals surface area (Å²) in [6, 6.07) is 1.05. The molecule has 3 heteroatoms. The molecule has 3 aliphatic rings. The molecule has 3 nitrogen and oxygen atoms in total. The van der Waals surface area contributed by atoms with E-state index >= 15 is 0 Å². The highest BCUT2D eigenvalue weighted by Gasteiger charge is 2.40. The van der Waals surface area contributed by atoms with Crippen molar-refractivity contribution in [2.45, 2.75) is 37.8 Å². The lowest BCUT2D eigenvalue weighted by Gasteiger charge is -2.41. The van der Waals surface area contributed by atoms with Crippen LogP contribution in [0.25, 0.3) is 0 Å². The van der Waals surface area contributed by atoms with Crippen molar-refractivity contribution >= 4 is 5.91 Å². The maximum absolute atomic E-state index is 11.0. The van der Waals surface area contributed by atoms with Gasteiger partial charge in [0.1, 0.15) is 0 Å². The summed E-state index contributed by atoms with van der Waals surface area (Å²) in [7, 11) is 0. The third kappa shape index (κ3) is 1.69. The van der Waals surface area contributed by atoms with E-state index in [-0.39, 0.29) is 5.91 Å². The summed E-state index contributed by atoms with van der Waals surface area (Å²) in [5.74, 6) is 1.91. The number of hydrogen-bond acceptors (Lipinski definition) is 2. The number of nitrogens with one attached hydrogen (secondary N) is 2. The van der Waals surface area contributed by atoms with Gasteiger partial charge >= 0.3 is 0 Å². The summed E-state index contributed by atoms with van der Waals surface area (Å²) < 4.78 is 0. The molecule has 1 saturated heterocycles. The number of rotatable bonds is 3. The Labute approximate surface area is 90.3 Å². The van der Waals surface area contributed by atoms with Crippen LogP contribution in [0.15, 0.2) is 12.2 Å². The zero-order valence-electron chi connectivity index (χ0n) is 8.91. The first kappa shape index (κ1) is 9.40. The van der Waals surface area contributed by atoms with Crippen LogP contribution in [0.2, 0.25) is 0 Å². The zero-order valence-corrected chi connectivity index (χ0v) is 8.91. The molecule has 4 unspecified atom stereocenters. The normalized spacial score (nSPS) is 42.5. The van der Waals surface area contributed by atoms with Gasteiger partial charge < -0.3 is 10.6 Å². The van der Waals surface area contributed by atoms with Gasteiger partial charge in [0, 0.05) is 25.0 Å². The van der Waals surface area contributed by atoms with Crippen molar-refractivity contribution in [1.82, 2.24) is 10.6 Å². The molecule has 0 aromatic rings. The molecule has 2 N–H and O–H groups in total. The van der Waals surface area contributed by atoms with E-state index in [0.717, 1.165) is 24.8 Å². The minimum atomic E-state index is 0.217. The van der Waals surface area contributed by atoms with E-state index < -0.39 is 0 Å². The molecule has 1 aliphatic heterocycles. The highest BCUT2D eigenvalue weighted by atomic mass is 16.1. The van der Waals surface area contributed by atoms with E-state index in [0.29, 0.717) is 18.5 Å². The lowest BCUT2D eigenvalue weighted by molar-refractivity contribution is -0.119. The number of amides is 1. The van der Waals surface area contributed by atoms with Crippen LogP contribution < -0.4 is 10.6 Å². The smallest absolute Gasteiger partial charge is 0.220 e. The third-order valence-electron chi connectivity index (χ3n) is 4.07. The van der Waals surface area contributed by atoms with E-state index in [1.807, 2.05) is 0 Å². The average Bonchev–Trinajstić information content (AvgIpc) is 2.75. The first-order chi connectivity index (χ1) is 7.33. The Hall–Kier alpha value is -0.830. The number of carbonyl (C=O) groups excluding carboxylic acids is 1. The van der Waals surface area contributed by atoms with Gasteiger partial charge in [-0.1, -0.05) is 12.2 Å². The Morgan fingerprint density at radius 3 is 3.20 bits per heavy atom. The molecule has 0 aromatic carbocycles. The molecule has 0 bridgehead atoms. The fourth-order valence-corrected chi connectivity index (χ4v) is 3.07. The first-order valence-corrected chi connectivity index (χ1v) is 6.02. The van der Waals surface area contributed by atoms with Gasteiger partial charge in [-0.15, -0.1) is 0 Å². The van der Waals surface area contributed by atoms with Gasteiger partial charge in [0.25, 0.3) is 0 Å². The molecule has 1 saturated carbocycles. The summed E-state index contributed by atoms with van der Waals surface area (Å²) in [6.45, 7) is 0.952. The number of carbonyl (C=O) groups is 1. The Bertz CT molecular complexity index is 300. The summed E-state index contributed by atoms with van der Waals surface area (Å²) >= 11 is 0. The second kappa shape index (κ2) is 3.63. The molecule has 0 radical (unpaired) electrons. The summed E-state index contributed by atoms with van der Waals surface area (Å²) in [6.07, 6.45) is 8.99. The minimum absolute atomic E-state index is 0.217. The van der Waals surface area contributed by atoms with E-state index in [2.05, 4.69) is 22.8 Å². The molecule has 0 spiro atoms. The van der Waals surface area contributed by atoms with Gasteiger partial charge in [0.15, 0.2) is 0 Å². The van der Waals surface area contributed by atoms with Gasteiger partial charge in [-0.05, 0) is 31.1 Å². The maximum Gasteiger partial charge on any atom is 0.220 e. The minimum Gasteiger partial charge on any atom is -0.352 e. The summed E-state index contributed by atoms with van der Waals surface area (Å²) in [4.78, 5) is 11.0. The van der Waals surface area contributed by atoms with Gasteiger partial charge in [0.05, 0.1) is 0 Å². The fourth-order valence-electron chi connectivity index (χ4n) is 3.07. The van der Waals surface area contributed by atoms with Crippen LogP contribution in [0.4, 0.5) is 0 Å². The van der Waals surface area contributed by atoms with Crippen molar-refractivity contribution in [2.24, 2.45) is 11.8 Å². The maximum atomic E-state index is 11.0. The van der Waals surface area contributed by atoms with Gasteiger partial charge in [0.2, 0.25) is 5.91 Å². The predicted octanol–water partition coefficient (Wildman–Crippen LogP) is 0.819. The number of hydrogen-bond donors (Lipinski definition) is 2. The van der Waals surface area contributed by atoms with Crippen LogP contribution in [0.5, 0.6) is 0 Å². The van der Waals surface area contributed by atoms with Crippen LogP contribution in [0.1, 0.15) is 25.7 Å². The Balaban J connectivity index is 1.43. The van der Waals surface area contributed by atoms with Crippen molar-refractivity contribution in [1.29, 1.82) is 0 Å². The Morgan fingerprint density at radius 2 is 2.47 bits per heavy atom. The van der Waals surface area contributed by atoms with Crippen LogP contribution in [0, 0.1) is 11.8 Å². The van der Waals surface area contributed by atoms with Crippen molar-refractivity contribution < 1.29 is 4.79 Å². The zero-order chi connectivity index (χ0) is 10.3. The Morgan fingerprint density at radius 1 is 1.53 bits per heavy atom. The van der Waals surface area contributed by atoms with E-state index in [4.69, 9.17) is 0 Å². The highest BCUT2D eigenvalue weighted by Crippen LogP contribution is 2.42. The van der Waals surface area contributed by atoms with Crippen molar-refractivity contribution in [3.63, 3.8) is 0 Å². The van der Waals surface area contributed by atoms with Crippen LogP contribution in [-0.2, 0) is 4.79 Å². The lowest BCUT2D eigenvalue weighted by atomic mass is 9.71. The SMILES string of the molecule is O=C1CCC(CNC2CC3CC=CC32)N1. The highest BCUT2D eigenvalue weighted by molar-refractivity contribution is 5.78. The third-order valence-corrected chi connectivity index (χ3v) is 4.07. The lowest BCUT2D eigenvalue weighted by Crippen LogP contribution is -2.51. The average molecular weight is 206 g/mol. The molecular weight excluding hydrogens is 188 g/mol. The van der Waals surface area contributed by atoms with Crippen LogP contribution >= 0.6 is 0 Å². The van der Waals surface area contributed by atoms with Crippen molar-refractivity contribution in [2.75, 3.05) is 6.54 Å². The molecule has 2 fully saturated rings. The van der Waals surface area contributed by atoms with Gasteiger partial charge in [-0.2, -0.15) is 0 Å². The standard InChI is InChI=1S/C12H18N2O/c15-12-5-4-9(14-12)7-13-11-6-8-2-1-3-10(8)11/h1,3,8-11,13H,2,4-7H2,(H,14,15). The van der Waals surface area contributed by atoms with Crippen LogP contribution in [0.3, 0.4) is 0 Å². The number of fused-ring (bicyclic) bond motifs is 1. The second-order valence-corrected chi connectivity index (χ2v) is 5.05. The van der Waals surface area contributed by atoms with Crippen LogP contribution in [-0.4, -0.2) is 24.5 Å². The topological polar surface area (TPSA) is 41.1 Å². The van der Waals surface area contributed by atoms with Crippen molar-refractivity contribution in [3.8, 4) is 0 Å². The summed E-state index contributed by atoms with van der Waals surface area (Å²) in [5.41, 5.74) is 0. The van der Waals surface area contributed by atoms with Gasteiger partial charge in [-0.3, -0.25) is 4.79 Å². The molecule has 0 aromatic heterocycles. The molecule has 1 heterocycles. The van der Waals surface area contributed by atoms with Crippen molar-refractivity contribution in [3.05, 3.63) is 12.2 Å². The predicted molar refractivity (Wildman–Crippen MR) is 58.3 cm³/mol. The molecule has 1 amide bonds. The fraction of sp³-hybridized carbons (Fsp3) is 0.750. The molecule has 82 valence electrons. The Kier molecular flexibility index (Phi) is 2.28. The molecule has 3 rings (SSSR count). The number of allylic oxidation sites excluding steroid dienone is 1. The first-order valence-electron chi connectivity index (χ1n) is 6.02. The largest absolute Gasteiger partial charge is 0.352 e. The molecular formula is C12H18N2O. The molecule has 4 atom stereocenters. The van der Waals surface area contributed by atoms with E-state index in [9.17, 15) is 4.79 Å². The quantitative estimate of drug-likeness (QED) is 0.671. The molecule has 2 aliphatic carbocycles. The summed E-state index contributed by atoms with van der Waals surface area (Å²) in [5, 5.41) is 6.58.